The van der Waals surface area contributed by atoms with Crippen LogP contribution in [0.25, 0.3) is 0 Å². The number of aliphatic hydroxyl groups excluding tert-OH is 1. The minimum Gasteiger partial charge on any atom is -0.481 e. The van der Waals surface area contributed by atoms with Crippen LogP contribution in [0, 0.1) is 35.5 Å². The number of carbonyl (C=O) groups excluding carboxylic acids is 15. The number of nitrogens with one attached hydrogen (secondary N) is 7. The average Bonchev–Trinajstić information content (AvgIpc) is 1.74. The first kappa shape index (κ1) is 101. The van der Waals surface area contributed by atoms with Gasteiger partial charge in [-0.1, -0.05) is 141 Å². The molecule has 0 spiro atoms. The van der Waals surface area contributed by atoms with Gasteiger partial charge in [0, 0.05) is 112 Å². The number of carboxylic acids is 3. The van der Waals surface area contributed by atoms with Crippen LogP contribution >= 0.6 is 23.5 Å². The molecule has 1 saturated carbocycles. The summed E-state index contributed by atoms with van der Waals surface area (Å²) in [4.78, 5) is 251. The van der Waals surface area contributed by atoms with E-state index in [4.69, 9.17) is 11.5 Å². The van der Waals surface area contributed by atoms with Gasteiger partial charge in [-0.15, -0.1) is 0 Å². The maximum atomic E-state index is 15.2. The van der Waals surface area contributed by atoms with Gasteiger partial charge in [0.15, 0.2) is 23.1 Å². The number of hydrogen-bond donors (Lipinski definition) is 13. The van der Waals surface area contributed by atoms with Crippen LogP contribution in [0.2, 0.25) is 0 Å². The van der Waals surface area contributed by atoms with E-state index in [-0.39, 0.29) is 86.5 Å². The number of ketones is 4. The molecule has 5 rings (SSSR count). The van der Waals surface area contributed by atoms with Gasteiger partial charge >= 0.3 is 17.9 Å². The molecule has 664 valence electrons. The highest BCUT2D eigenvalue weighted by atomic mass is 32.2. The Kier molecular flexibility index (Phi) is 44.9. The Morgan fingerprint density at radius 2 is 1.23 bits per heavy atom. The van der Waals surface area contributed by atoms with Crippen molar-refractivity contribution >= 4 is 130 Å². The molecule has 1 aromatic carbocycles. The van der Waals surface area contributed by atoms with E-state index in [1.165, 1.54) is 87.8 Å². The Morgan fingerprint density at radius 3 is 1.79 bits per heavy atom. The number of unbranched alkanes of at least 4 members (excludes halogenated alkanes) is 14. The first-order valence-corrected chi connectivity index (χ1v) is 44.8. The van der Waals surface area contributed by atoms with Crippen LogP contribution in [0.4, 0.5) is 0 Å². The van der Waals surface area contributed by atoms with E-state index in [0.29, 0.717) is 36.8 Å². The number of carbonyl (C=O) groups is 18. The smallest absolute Gasteiger partial charge is 0.304 e. The second-order valence-corrected chi connectivity index (χ2v) is 34.8. The minimum absolute atomic E-state index is 0.00408. The van der Waals surface area contributed by atoms with E-state index < -0.39 is 248 Å². The van der Waals surface area contributed by atoms with Crippen molar-refractivity contribution in [3.05, 3.63) is 35.4 Å². The summed E-state index contributed by atoms with van der Waals surface area (Å²) in [6.45, 7) is 7.03. The van der Waals surface area contributed by atoms with Crippen molar-refractivity contribution in [1.29, 1.82) is 0 Å². The number of nitrogens with two attached hydrogens (primary N) is 2. The van der Waals surface area contributed by atoms with Crippen molar-refractivity contribution in [1.82, 2.24) is 47.0 Å². The van der Waals surface area contributed by atoms with Gasteiger partial charge in [0.2, 0.25) is 65.0 Å². The van der Waals surface area contributed by atoms with Crippen LogP contribution in [-0.4, -0.2) is 222 Å². The van der Waals surface area contributed by atoms with E-state index >= 15 is 9.59 Å². The van der Waals surface area contributed by atoms with Crippen molar-refractivity contribution in [2.45, 2.75) is 312 Å². The second-order valence-electron chi connectivity index (χ2n) is 32.8. The molecule has 11 amide bonds. The number of Topliss-reactive ketones (excluding diaryl/α,β-unsaturated/α-hetero) is 4. The summed E-state index contributed by atoms with van der Waals surface area (Å²) in [7, 11) is 0. The third-order valence-electron chi connectivity index (χ3n) is 22.6. The highest BCUT2D eigenvalue weighted by molar-refractivity contribution is 7.98. The molecule has 0 bridgehead atoms. The highest BCUT2D eigenvalue weighted by Gasteiger charge is 2.45. The Bertz CT molecular complexity index is 3660. The fraction of sp³-hybridized carbons (Fsp3) is 0.714. The number of carboxylic acid groups (broad SMARTS) is 3. The zero-order chi connectivity index (χ0) is 87.8. The third-order valence-corrected chi connectivity index (χ3v) is 24.8. The Morgan fingerprint density at radius 1 is 0.639 bits per heavy atom. The summed E-state index contributed by atoms with van der Waals surface area (Å²) in [5.41, 5.74) is 12.7. The molecular formula is C84H129N11O22S2. The molecule has 0 aromatic heterocycles. The lowest BCUT2D eigenvalue weighted by Gasteiger charge is -2.30. The quantitative estimate of drug-likeness (QED) is 0.0377. The molecule has 119 heavy (non-hydrogen) atoms. The maximum absolute atomic E-state index is 15.2. The Hall–Kier alpha value is -8.86. The number of fused-ring (bicyclic) bond motifs is 2. The standard InChI is InChI=1S/C84H129N11O22S2/c1-6-7-8-9-10-11-12-13-14-15-16-17-18-19-20-30-71(102)88-58-43-66(95(45-58)52(5)97)69(100)39-53(31-34-70(85)101)79(112)92-64-49-119-47-55-26-22-21-25-54(55)46-118-48-57(80(113)91-63(38-50(2)3)77(110)59-27-23-28-60(59)78(86)111)41-67(98)61(32-35-73(104)105)89-72(103)44-87-83(116)76(51(4)96)93-81(114)62(33-36-74(106)107)90-82(115)65-29-24-37-94(65)84(117)56(40-68(64)99)42-75(108)109/h21-22,25-26,50-51,53,56-66,76,96H,6-20,23-24,27-49H2,1-5H3,(H2,85,101)(H2,86,111)(H,87,116)(H,88,102)(H,89,103)(H,90,115)(H,91,113)(H,92,112)(H,93,114)(H,104,105)(H,106,107)(H,108,109)/t51-,53-,56+,57+,58+,59?,60-,61+,62+,63+,64+,65+,66+,76+/m1/s1. The first-order chi connectivity index (χ1) is 56.6. The second kappa shape index (κ2) is 53.0. The summed E-state index contributed by atoms with van der Waals surface area (Å²) in [5.74, 6) is -23.2. The fourth-order valence-corrected chi connectivity index (χ4v) is 18.3. The number of amides is 11. The Balaban J connectivity index is 1.49. The minimum atomic E-state index is -1.94. The number of nitrogens with zero attached hydrogens (tertiary/aromatic N) is 2. The number of aliphatic carboxylic acids is 3. The topological polar surface area (TPSA) is 531 Å². The molecule has 3 aliphatic heterocycles. The van der Waals surface area contributed by atoms with Crippen molar-refractivity contribution in [2.75, 3.05) is 31.1 Å². The predicted molar refractivity (Wildman–Crippen MR) is 443 cm³/mol. The number of primary amides is 2. The SMILES string of the molecule is CCCCCCCCCCCCCCCCCC(=O)N[C@H]1C[C@@H](C(=O)C[C@@H](CCC(N)=O)C(=O)N[C@H]2CSCc3ccccc3CSC[C@@H](C(=O)N[C@@H](CC(C)C)C(=O)C3CCC[C@H]3C(N)=O)CC(=O)[C@H](CCC(=O)O)NC(=O)CNC(=O)[C@H]([C@@H](C)O)NC(=O)[C@H](CCC(=O)O)NC(=O)[C@@H]3CCCN3C(=O)[C@H](CC(=O)O)CC2=O)N(C(C)=O)C1. The molecule has 4 aliphatic rings. The molecule has 35 heteroatoms. The van der Waals surface area contributed by atoms with Gasteiger partial charge in [-0.25, -0.2) is 0 Å². The van der Waals surface area contributed by atoms with E-state index in [2.05, 4.69) is 44.1 Å². The average molecular weight is 1710 g/mol. The van der Waals surface area contributed by atoms with Crippen LogP contribution in [0.15, 0.2) is 24.3 Å². The lowest BCUT2D eigenvalue weighted by atomic mass is 9.85. The fourth-order valence-electron chi connectivity index (χ4n) is 16.0. The first-order valence-electron chi connectivity index (χ1n) is 42.5. The van der Waals surface area contributed by atoms with Crippen LogP contribution < -0.4 is 48.7 Å². The van der Waals surface area contributed by atoms with Crippen LogP contribution in [-0.2, 0) is 97.8 Å². The lowest BCUT2D eigenvalue weighted by molar-refractivity contribution is -0.148. The van der Waals surface area contributed by atoms with Crippen molar-refractivity contribution < 1.29 is 107 Å². The number of aliphatic hydroxyl groups is 1. The summed E-state index contributed by atoms with van der Waals surface area (Å²) < 4.78 is 0. The molecule has 33 nitrogen and oxygen atoms in total. The number of benzene rings is 1. The van der Waals surface area contributed by atoms with Gasteiger partial charge in [-0.2, -0.15) is 23.5 Å². The van der Waals surface area contributed by atoms with E-state index in [0.717, 1.165) is 49.3 Å². The number of rotatable bonds is 41. The number of likely N-dealkylation sites (tertiary alicyclic amines) is 1. The Labute approximate surface area is 705 Å². The van der Waals surface area contributed by atoms with Crippen molar-refractivity contribution in [3.8, 4) is 0 Å². The normalized spacial score (nSPS) is 23.8. The summed E-state index contributed by atoms with van der Waals surface area (Å²) in [6, 6.07) is -4.41. The molecular weight excluding hydrogens is 1580 g/mol. The van der Waals surface area contributed by atoms with Crippen LogP contribution in [0.3, 0.4) is 0 Å². The molecule has 0 radical (unpaired) electrons. The molecule has 2 saturated heterocycles. The van der Waals surface area contributed by atoms with Gasteiger partial charge in [-0.3, -0.25) is 86.3 Å². The molecule has 15 N–H and O–H groups in total. The molecule has 3 fully saturated rings. The number of thioether (sulfide) groups is 2. The van der Waals surface area contributed by atoms with Gasteiger partial charge in [0.05, 0.1) is 55.1 Å². The summed E-state index contributed by atoms with van der Waals surface area (Å²) in [5, 5.41) is 58.7. The summed E-state index contributed by atoms with van der Waals surface area (Å²) in [6.07, 6.45) is 10.6. The largest absolute Gasteiger partial charge is 0.481 e. The van der Waals surface area contributed by atoms with Crippen molar-refractivity contribution in [3.63, 3.8) is 0 Å². The molecule has 1 aliphatic carbocycles. The van der Waals surface area contributed by atoms with Gasteiger partial charge in [0.1, 0.15) is 18.1 Å². The van der Waals surface area contributed by atoms with E-state index in [1.54, 1.807) is 24.3 Å². The zero-order valence-electron chi connectivity index (χ0n) is 69.8. The van der Waals surface area contributed by atoms with Gasteiger partial charge < -0.3 is 78.9 Å². The van der Waals surface area contributed by atoms with Gasteiger partial charge in [-0.05, 0) is 88.2 Å². The molecule has 1 unspecified atom stereocenters. The number of hydrogen-bond acceptors (Lipinski definition) is 21. The van der Waals surface area contributed by atoms with Crippen molar-refractivity contribution in [2.24, 2.45) is 47.0 Å². The molecule has 1 aromatic rings. The van der Waals surface area contributed by atoms with Crippen LogP contribution in [0.5, 0.6) is 0 Å². The van der Waals surface area contributed by atoms with E-state index in [1.807, 2.05) is 13.8 Å². The van der Waals surface area contributed by atoms with Gasteiger partial charge in [0.25, 0.3) is 0 Å². The maximum Gasteiger partial charge on any atom is 0.304 e. The highest BCUT2D eigenvalue weighted by Crippen LogP contribution is 2.35. The molecule has 3 heterocycles. The third kappa shape index (κ3) is 35.8. The predicted octanol–water partition coefficient (Wildman–Crippen LogP) is 5.16. The van der Waals surface area contributed by atoms with Crippen LogP contribution in [0.1, 0.15) is 258 Å². The van der Waals surface area contributed by atoms with E-state index in [9.17, 15) is 97.1 Å². The summed E-state index contributed by atoms with van der Waals surface area (Å²) >= 11 is 2.27. The lowest BCUT2D eigenvalue weighted by Crippen LogP contribution is -2.59. The molecule has 14 atom stereocenters. The zero-order valence-corrected chi connectivity index (χ0v) is 71.4. The monoisotopic (exact) mass is 1710 g/mol.